The first kappa shape index (κ1) is 13.4. The number of anilines is 1. The van der Waals surface area contributed by atoms with E-state index in [0.717, 1.165) is 18.6 Å². The van der Waals surface area contributed by atoms with Gasteiger partial charge < -0.3 is 5.32 Å². The van der Waals surface area contributed by atoms with Crippen molar-refractivity contribution in [3.8, 4) is 0 Å². The molecule has 1 fully saturated rings. The van der Waals surface area contributed by atoms with Gasteiger partial charge in [-0.3, -0.25) is 10.2 Å². The molecule has 2 rings (SSSR count). The summed E-state index contributed by atoms with van der Waals surface area (Å²) in [5.74, 6) is -0.245. The van der Waals surface area contributed by atoms with Crippen LogP contribution >= 0.6 is 0 Å². The van der Waals surface area contributed by atoms with Crippen molar-refractivity contribution >= 4 is 17.3 Å². The molecule has 0 spiro atoms. The lowest BCUT2D eigenvalue weighted by atomic mass is 10.1. The van der Waals surface area contributed by atoms with Crippen molar-refractivity contribution in [3.63, 3.8) is 0 Å². The molecule has 0 unspecified atom stereocenters. The van der Waals surface area contributed by atoms with Gasteiger partial charge in [0.2, 0.25) is 0 Å². The van der Waals surface area contributed by atoms with Crippen LogP contribution in [0.25, 0.3) is 0 Å². The number of hydrogen-bond acceptors (Lipinski definition) is 3. The van der Waals surface area contributed by atoms with E-state index in [-0.39, 0.29) is 5.91 Å². The molecule has 0 radical (unpaired) electrons. The standard InChI is InChI=1S/C12H12F3N3O/c13-12(14,15)8-3-5-9(6-4-8)17-18-10-2-1-7-16-11(10)19/h3-6,17H,1-2,7H2,(H,16,19). The van der Waals surface area contributed by atoms with E-state index in [9.17, 15) is 18.0 Å². The molecule has 1 aliphatic rings. The fourth-order valence-electron chi connectivity index (χ4n) is 1.65. The molecule has 0 aliphatic carbocycles. The number of carbonyl (C=O) groups excluding carboxylic acids is 1. The Balaban J connectivity index is 2.04. The summed E-state index contributed by atoms with van der Waals surface area (Å²) in [5.41, 5.74) is 2.62. The number of hydrazone groups is 1. The maximum atomic E-state index is 12.3. The molecule has 0 aromatic heterocycles. The molecule has 1 heterocycles. The number of benzene rings is 1. The Kier molecular flexibility index (Phi) is 3.73. The van der Waals surface area contributed by atoms with Crippen LogP contribution in [-0.4, -0.2) is 18.2 Å². The fourth-order valence-corrected chi connectivity index (χ4v) is 1.65. The molecule has 1 aromatic rings. The molecular weight excluding hydrogens is 259 g/mol. The Hall–Kier alpha value is -2.05. The zero-order valence-corrected chi connectivity index (χ0v) is 9.92. The van der Waals surface area contributed by atoms with E-state index in [4.69, 9.17) is 0 Å². The van der Waals surface area contributed by atoms with Crippen molar-refractivity contribution in [3.05, 3.63) is 29.8 Å². The second kappa shape index (κ2) is 5.29. The van der Waals surface area contributed by atoms with Crippen molar-refractivity contribution in [1.29, 1.82) is 0 Å². The Morgan fingerprint density at radius 1 is 1.21 bits per heavy atom. The van der Waals surface area contributed by atoms with Crippen LogP contribution in [0.2, 0.25) is 0 Å². The second-order valence-electron chi connectivity index (χ2n) is 4.10. The summed E-state index contributed by atoms with van der Waals surface area (Å²) in [4.78, 5) is 11.4. The SMILES string of the molecule is O=C1NCCCC1=NNc1ccc(C(F)(F)F)cc1. The molecule has 2 N–H and O–H groups in total. The summed E-state index contributed by atoms with van der Waals surface area (Å²) in [6.45, 7) is 0.623. The van der Waals surface area contributed by atoms with Crippen molar-refractivity contribution in [2.24, 2.45) is 5.10 Å². The van der Waals surface area contributed by atoms with Gasteiger partial charge in [-0.25, -0.2) is 0 Å². The fraction of sp³-hybridized carbons (Fsp3) is 0.333. The van der Waals surface area contributed by atoms with Crippen LogP contribution in [0.4, 0.5) is 18.9 Å². The zero-order chi connectivity index (χ0) is 13.9. The van der Waals surface area contributed by atoms with E-state index < -0.39 is 11.7 Å². The molecule has 1 aromatic carbocycles. The van der Waals surface area contributed by atoms with Crippen LogP contribution in [0.3, 0.4) is 0 Å². The largest absolute Gasteiger partial charge is 0.416 e. The van der Waals surface area contributed by atoms with E-state index in [1.807, 2.05) is 0 Å². The van der Waals surface area contributed by atoms with E-state index in [2.05, 4.69) is 15.8 Å². The molecule has 19 heavy (non-hydrogen) atoms. The van der Waals surface area contributed by atoms with E-state index >= 15 is 0 Å². The quantitative estimate of drug-likeness (QED) is 0.811. The Morgan fingerprint density at radius 3 is 2.47 bits per heavy atom. The number of nitrogens with one attached hydrogen (secondary N) is 2. The van der Waals surface area contributed by atoms with Crippen LogP contribution in [-0.2, 0) is 11.0 Å². The van der Waals surface area contributed by atoms with Gasteiger partial charge >= 0.3 is 6.18 Å². The Bertz CT molecular complexity index is 494. The molecule has 0 saturated carbocycles. The molecular formula is C12H12F3N3O. The monoisotopic (exact) mass is 271 g/mol. The molecule has 4 nitrogen and oxygen atoms in total. The van der Waals surface area contributed by atoms with Gasteiger partial charge in [-0.15, -0.1) is 0 Å². The lowest BCUT2D eigenvalue weighted by molar-refractivity contribution is -0.137. The van der Waals surface area contributed by atoms with Crippen LogP contribution < -0.4 is 10.7 Å². The summed E-state index contributed by atoms with van der Waals surface area (Å²) in [5, 5.41) is 6.54. The molecule has 0 bridgehead atoms. The maximum Gasteiger partial charge on any atom is 0.416 e. The molecule has 1 amide bonds. The number of rotatable bonds is 2. The minimum atomic E-state index is -4.35. The highest BCUT2D eigenvalue weighted by molar-refractivity contribution is 6.39. The van der Waals surface area contributed by atoms with Crippen molar-refractivity contribution in [1.82, 2.24) is 5.32 Å². The number of carbonyl (C=O) groups is 1. The number of nitrogens with zero attached hydrogens (tertiary/aromatic N) is 1. The summed E-state index contributed by atoms with van der Waals surface area (Å²) in [7, 11) is 0. The number of amides is 1. The average Bonchev–Trinajstić information content (AvgIpc) is 2.37. The Labute approximate surface area is 107 Å². The van der Waals surface area contributed by atoms with E-state index in [1.54, 1.807) is 0 Å². The molecule has 7 heteroatoms. The minimum absolute atomic E-state index is 0.245. The second-order valence-corrected chi connectivity index (χ2v) is 4.10. The maximum absolute atomic E-state index is 12.3. The van der Waals surface area contributed by atoms with Crippen LogP contribution in [0.1, 0.15) is 18.4 Å². The topological polar surface area (TPSA) is 53.5 Å². The number of hydrogen-bond donors (Lipinski definition) is 2. The first-order valence-electron chi connectivity index (χ1n) is 5.75. The van der Waals surface area contributed by atoms with Gasteiger partial charge in [-0.1, -0.05) is 0 Å². The third-order valence-corrected chi connectivity index (χ3v) is 2.67. The van der Waals surface area contributed by atoms with E-state index in [0.29, 0.717) is 24.4 Å². The molecule has 1 saturated heterocycles. The lowest BCUT2D eigenvalue weighted by Gasteiger charge is -2.13. The van der Waals surface area contributed by atoms with E-state index in [1.165, 1.54) is 12.1 Å². The smallest absolute Gasteiger partial charge is 0.351 e. The van der Waals surface area contributed by atoms with Gasteiger partial charge in [-0.2, -0.15) is 18.3 Å². The summed E-state index contributed by atoms with van der Waals surface area (Å²) in [6, 6.07) is 4.47. The van der Waals surface area contributed by atoms with Gasteiger partial charge in [0.1, 0.15) is 5.71 Å². The third kappa shape index (κ3) is 3.46. The minimum Gasteiger partial charge on any atom is -0.351 e. The summed E-state index contributed by atoms with van der Waals surface area (Å²) < 4.78 is 37.0. The van der Waals surface area contributed by atoms with Gasteiger partial charge in [0.25, 0.3) is 5.91 Å². The summed E-state index contributed by atoms with van der Waals surface area (Å²) >= 11 is 0. The average molecular weight is 271 g/mol. The highest BCUT2D eigenvalue weighted by Gasteiger charge is 2.29. The van der Waals surface area contributed by atoms with Crippen molar-refractivity contribution < 1.29 is 18.0 Å². The normalized spacial score (nSPS) is 18.3. The molecule has 102 valence electrons. The number of piperidine rings is 1. The highest BCUT2D eigenvalue weighted by Crippen LogP contribution is 2.29. The van der Waals surface area contributed by atoms with Crippen molar-refractivity contribution in [2.75, 3.05) is 12.0 Å². The first-order valence-corrected chi connectivity index (χ1v) is 5.75. The lowest BCUT2D eigenvalue weighted by Crippen LogP contribution is -2.37. The predicted octanol–water partition coefficient (Wildman–Crippen LogP) is 2.38. The van der Waals surface area contributed by atoms with Crippen LogP contribution in [0, 0.1) is 0 Å². The van der Waals surface area contributed by atoms with Gasteiger partial charge in [0.15, 0.2) is 0 Å². The predicted molar refractivity (Wildman–Crippen MR) is 64.7 cm³/mol. The first-order chi connectivity index (χ1) is 8.97. The zero-order valence-electron chi connectivity index (χ0n) is 9.92. The van der Waals surface area contributed by atoms with Gasteiger partial charge in [-0.05, 0) is 37.1 Å². The highest BCUT2D eigenvalue weighted by atomic mass is 19.4. The molecule has 0 atom stereocenters. The number of alkyl halides is 3. The third-order valence-electron chi connectivity index (χ3n) is 2.67. The van der Waals surface area contributed by atoms with Crippen molar-refractivity contribution in [2.45, 2.75) is 19.0 Å². The van der Waals surface area contributed by atoms with Gasteiger partial charge in [0.05, 0.1) is 11.3 Å². The summed E-state index contributed by atoms with van der Waals surface area (Å²) in [6.07, 6.45) is -2.99. The number of halogens is 3. The van der Waals surface area contributed by atoms with Crippen LogP contribution in [0.15, 0.2) is 29.4 Å². The Morgan fingerprint density at radius 2 is 1.89 bits per heavy atom. The van der Waals surface area contributed by atoms with Crippen LogP contribution in [0.5, 0.6) is 0 Å². The molecule has 1 aliphatic heterocycles. The van der Waals surface area contributed by atoms with Gasteiger partial charge in [0, 0.05) is 6.54 Å².